The van der Waals surface area contributed by atoms with Crippen molar-refractivity contribution < 1.29 is 4.79 Å². The van der Waals surface area contributed by atoms with E-state index in [0.29, 0.717) is 13.1 Å². The Morgan fingerprint density at radius 3 is 2.71 bits per heavy atom. The maximum Gasteiger partial charge on any atom is 0.223 e. The van der Waals surface area contributed by atoms with Gasteiger partial charge in [0.2, 0.25) is 5.91 Å². The lowest BCUT2D eigenvalue weighted by Crippen LogP contribution is -2.53. The Hall–Kier alpha value is -1.08. The fraction of sp³-hybridized carbons (Fsp3) is 0.800. The summed E-state index contributed by atoms with van der Waals surface area (Å²) in [7, 11) is 0. The van der Waals surface area contributed by atoms with Crippen LogP contribution in [0.2, 0.25) is 0 Å². The van der Waals surface area contributed by atoms with Crippen LogP contribution >= 0.6 is 0 Å². The van der Waals surface area contributed by atoms with Crippen LogP contribution < -0.4 is 5.32 Å². The van der Waals surface area contributed by atoms with Gasteiger partial charge in [0, 0.05) is 13.0 Å². The Labute approximate surface area is 83.9 Å². The number of amides is 1. The summed E-state index contributed by atoms with van der Waals surface area (Å²) >= 11 is 0. The minimum atomic E-state index is -0.330. The van der Waals surface area contributed by atoms with Crippen molar-refractivity contribution in [2.75, 3.05) is 13.2 Å². The van der Waals surface area contributed by atoms with Gasteiger partial charge < -0.3 is 4.90 Å². The normalized spacial score (nSPS) is 24.5. The molecule has 76 valence electrons. The quantitative estimate of drug-likeness (QED) is 0.714. The van der Waals surface area contributed by atoms with Crippen molar-refractivity contribution in [2.45, 2.75) is 37.6 Å². The molecule has 1 saturated carbocycles. The SMILES string of the molecule is N#CC1(NCN2CCCC2=O)CCC1. The first kappa shape index (κ1) is 9.47. The van der Waals surface area contributed by atoms with E-state index in [1.165, 1.54) is 0 Å². The molecule has 0 atom stereocenters. The highest BCUT2D eigenvalue weighted by molar-refractivity contribution is 5.77. The van der Waals surface area contributed by atoms with Gasteiger partial charge in [-0.1, -0.05) is 0 Å². The van der Waals surface area contributed by atoms with Gasteiger partial charge in [-0.15, -0.1) is 0 Å². The molecule has 14 heavy (non-hydrogen) atoms. The van der Waals surface area contributed by atoms with Gasteiger partial charge in [0.25, 0.3) is 0 Å². The average Bonchev–Trinajstić information content (AvgIpc) is 2.51. The lowest BCUT2D eigenvalue weighted by Gasteiger charge is -2.37. The van der Waals surface area contributed by atoms with Gasteiger partial charge in [-0.25, -0.2) is 0 Å². The summed E-state index contributed by atoms with van der Waals surface area (Å²) in [4.78, 5) is 13.1. The van der Waals surface area contributed by atoms with Gasteiger partial charge >= 0.3 is 0 Å². The molecule has 0 aromatic carbocycles. The highest BCUT2D eigenvalue weighted by Crippen LogP contribution is 2.30. The highest BCUT2D eigenvalue weighted by atomic mass is 16.2. The number of hydrogen-bond acceptors (Lipinski definition) is 3. The molecule has 1 N–H and O–H groups in total. The summed E-state index contributed by atoms with van der Waals surface area (Å²) in [6, 6.07) is 2.30. The summed E-state index contributed by atoms with van der Waals surface area (Å²) in [5.74, 6) is 0.213. The van der Waals surface area contributed by atoms with E-state index >= 15 is 0 Å². The predicted octanol–water partition coefficient (Wildman–Crippen LogP) is 0.602. The molecule has 1 amide bonds. The zero-order valence-corrected chi connectivity index (χ0v) is 8.25. The van der Waals surface area contributed by atoms with Crippen molar-refractivity contribution in [3.8, 4) is 6.07 Å². The Bertz CT molecular complexity index is 278. The predicted molar refractivity (Wildman–Crippen MR) is 51.1 cm³/mol. The molecule has 2 fully saturated rings. The molecule has 1 aliphatic heterocycles. The number of rotatable bonds is 3. The number of likely N-dealkylation sites (tertiary alicyclic amines) is 1. The lowest BCUT2D eigenvalue weighted by atomic mass is 9.78. The molecule has 1 saturated heterocycles. The monoisotopic (exact) mass is 193 g/mol. The van der Waals surface area contributed by atoms with Crippen molar-refractivity contribution in [1.29, 1.82) is 5.26 Å². The zero-order valence-electron chi connectivity index (χ0n) is 8.25. The van der Waals surface area contributed by atoms with E-state index < -0.39 is 0 Å². The second-order valence-electron chi connectivity index (χ2n) is 4.14. The second-order valence-corrected chi connectivity index (χ2v) is 4.14. The molecule has 1 aliphatic carbocycles. The smallest absolute Gasteiger partial charge is 0.223 e. The van der Waals surface area contributed by atoms with Crippen molar-refractivity contribution >= 4 is 5.91 Å². The van der Waals surface area contributed by atoms with E-state index in [1.54, 1.807) is 4.90 Å². The van der Waals surface area contributed by atoms with E-state index in [-0.39, 0.29) is 11.4 Å². The van der Waals surface area contributed by atoms with Crippen molar-refractivity contribution in [3.63, 3.8) is 0 Å². The van der Waals surface area contributed by atoms with E-state index in [4.69, 9.17) is 5.26 Å². The first-order valence-electron chi connectivity index (χ1n) is 5.20. The molecule has 1 heterocycles. The van der Waals surface area contributed by atoms with Crippen LogP contribution in [-0.4, -0.2) is 29.6 Å². The maximum absolute atomic E-state index is 11.3. The number of carbonyl (C=O) groups is 1. The molecular weight excluding hydrogens is 178 g/mol. The Balaban J connectivity index is 1.82. The van der Waals surface area contributed by atoms with Gasteiger partial charge in [0.1, 0.15) is 5.54 Å². The molecule has 2 aliphatic rings. The topological polar surface area (TPSA) is 56.1 Å². The number of hydrogen-bond donors (Lipinski definition) is 1. The number of nitrogens with one attached hydrogen (secondary N) is 1. The summed E-state index contributed by atoms with van der Waals surface area (Å²) < 4.78 is 0. The zero-order chi connectivity index (χ0) is 10.0. The standard InChI is InChI=1S/C10H15N3O/c11-7-10(4-2-5-10)12-8-13-6-1-3-9(13)14/h12H,1-6,8H2. The van der Waals surface area contributed by atoms with Gasteiger partial charge in [-0.05, 0) is 25.7 Å². The second kappa shape index (κ2) is 3.58. The Morgan fingerprint density at radius 1 is 1.50 bits per heavy atom. The Kier molecular flexibility index (Phi) is 2.42. The van der Waals surface area contributed by atoms with E-state index in [0.717, 1.165) is 32.2 Å². The van der Waals surface area contributed by atoms with Crippen LogP contribution in [0.4, 0.5) is 0 Å². The van der Waals surface area contributed by atoms with E-state index in [2.05, 4.69) is 11.4 Å². The van der Waals surface area contributed by atoms with Crippen molar-refractivity contribution in [2.24, 2.45) is 0 Å². The molecule has 0 bridgehead atoms. The minimum Gasteiger partial charge on any atom is -0.330 e. The van der Waals surface area contributed by atoms with Gasteiger partial charge in [0.15, 0.2) is 0 Å². The van der Waals surface area contributed by atoms with Crippen molar-refractivity contribution in [3.05, 3.63) is 0 Å². The van der Waals surface area contributed by atoms with Crippen LogP contribution in [0.25, 0.3) is 0 Å². The van der Waals surface area contributed by atoms with Gasteiger partial charge in [-0.2, -0.15) is 5.26 Å². The first-order chi connectivity index (χ1) is 6.76. The molecule has 0 aromatic rings. The third kappa shape index (κ3) is 1.60. The molecule has 0 radical (unpaired) electrons. The molecule has 0 unspecified atom stereocenters. The third-order valence-corrected chi connectivity index (χ3v) is 3.20. The molecule has 4 heteroatoms. The summed E-state index contributed by atoms with van der Waals surface area (Å²) in [5, 5.41) is 12.2. The minimum absolute atomic E-state index is 0.213. The van der Waals surface area contributed by atoms with Gasteiger partial charge in [0.05, 0.1) is 12.7 Å². The average molecular weight is 193 g/mol. The fourth-order valence-electron chi connectivity index (χ4n) is 1.98. The van der Waals surface area contributed by atoms with Gasteiger partial charge in [-0.3, -0.25) is 10.1 Å². The Morgan fingerprint density at radius 2 is 2.29 bits per heavy atom. The molecule has 4 nitrogen and oxygen atoms in total. The molecule has 0 spiro atoms. The lowest BCUT2D eigenvalue weighted by molar-refractivity contribution is -0.128. The van der Waals surface area contributed by atoms with Crippen LogP contribution in [0.3, 0.4) is 0 Å². The van der Waals surface area contributed by atoms with Crippen LogP contribution in [0.1, 0.15) is 32.1 Å². The summed E-state index contributed by atoms with van der Waals surface area (Å²) in [6.45, 7) is 1.39. The largest absolute Gasteiger partial charge is 0.330 e. The van der Waals surface area contributed by atoms with Crippen molar-refractivity contribution in [1.82, 2.24) is 10.2 Å². The van der Waals surface area contributed by atoms with E-state index in [1.807, 2.05) is 0 Å². The van der Waals surface area contributed by atoms with Crippen LogP contribution in [0, 0.1) is 11.3 Å². The fourth-order valence-corrected chi connectivity index (χ4v) is 1.98. The summed E-state index contributed by atoms with van der Waals surface area (Å²) in [5.41, 5.74) is -0.330. The summed E-state index contributed by atoms with van der Waals surface area (Å²) in [6.07, 6.45) is 4.59. The molecule has 0 aromatic heterocycles. The van der Waals surface area contributed by atoms with Crippen LogP contribution in [0.5, 0.6) is 0 Å². The molecule has 2 rings (SSSR count). The van der Waals surface area contributed by atoms with Crippen LogP contribution in [0.15, 0.2) is 0 Å². The first-order valence-corrected chi connectivity index (χ1v) is 5.20. The third-order valence-electron chi connectivity index (χ3n) is 3.20. The van der Waals surface area contributed by atoms with Crippen LogP contribution in [-0.2, 0) is 4.79 Å². The number of carbonyl (C=O) groups excluding carboxylic acids is 1. The maximum atomic E-state index is 11.3. The number of nitrogens with zero attached hydrogens (tertiary/aromatic N) is 2. The number of nitriles is 1. The molecular formula is C10H15N3O. The van der Waals surface area contributed by atoms with E-state index in [9.17, 15) is 4.79 Å². The highest BCUT2D eigenvalue weighted by Gasteiger charge is 2.37.